The van der Waals surface area contributed by atoms with Crippen LogP contribution in [0.4, 0.5) is 0 Å². The fourth-order valence-electron chi connectivity index (χ4n) is 5.70. The summed E-state index contributed by atoms with van der Waals surface area (Å²) in [6.45, 7) is 0. The molecule has 0 aliphatic rings. The van der Waals surface area contributed by atoms with Gasteiger partial charge in [0, 0.05) is 16.5 Å². The lowest BCUT2D eigenvalue weighted by atomic mass is 9.97. The maximum atomic E-state index is 6.39. The molecule has 6 aromatic carbocycles. The Morgan fingerprint density at radius 1 is 0.439 bits per heavy atom. The number of hydrogen-bond donors (Lipinski definition) is 0. The summed E-state index contributed by atoms with van der Waals surface area (Å²) < 4.78 is 6.39. The number of fused-ring (bicyclic) bond motifs is 4. The average molecular weight is 525 g/mol. The van der Waals surface area contributed by atoms with Crippen molar-refractivity contribution in [3.8, 4) is 44.9 Å². The Morgan fingerprint density at radius 3 is 1.98 bits per heavy atom. The molecule has 0 aliphatic carbocycles. The molecular formula is C38H24N2O. The minimum absolute atomic E-state index is 0.672. The predicted molar refractivity (Wildman–Crippen MR) is 169 cm³/mol. The van der Waals surface area contributed by atoms with Gasteiger partial charge in [-0.05, 0) is 57.3 Å². The van der Waals surface area contributed by atoms with Crippen molar-refractivity contribution in [2.45, 2.75) is 0 Å². The van der Waals surface area contributed by atoms with E-state index in [1.54, 1.807) is 0 Å². The van der Waals surface area contributed by atoms with E-state index in [1.807, 2.05) is 24.3 Å². The van der Waals surface area contributed by atoms with Gasteiger partial charge in [0.1, 0.15) is 16.8 Å². The fraction of sp³-hybridized carbons (Fsp3) is 0. The second-order valence-corrected chi connectivity index (χ2v) is 10.2. The third-order valence-electron chi connectivity index (χ3n) is 7.68. The first-order chi connectivity index (χ1) is 20.3. The van der Waals surface area contributed by atoms with E-state index in [-0.39, 0.29) is 0 Å². The Morgan fingerprint density at radius 2 is 1.07 bits per heavy atom. The van der Waals surface area contributed by atoms with Gasteiger partial charge in [-0.15, -0.1) is 0 Å². The standard InChI is InChI=1S/C38H24N2O/c1-2-11-25(12-3-1)27-15-8-17-29(23-27)35-37-36(33-20-6-7-22-34(33)41-37)40-38(39-35)30-18-9-16-28(24-30)32-21-10-14-26-13-4-5-19-31(26)32/h1-24H. The zero-order chi connectivity index (χ0) is 27.2. The van der Waals surface area contributed by atoms with Crippen LogP contribution in [0.15, 0.2) is 150 Å². The van der Waals surface area contributed by atoms with Crippen molar-refractivity contribution in [1.29, 1.82) is 0 Å². The Balaban J connectivity index is 1.34. The van der Waals surface area contributed by atoms with Crippen LogP contribution in [0, 0.1) is 0 Å². The summed E-state index contributed by atoms with van der Waals surface area (Å²) in [5.74, 6) is 0.672. The summed E-state index contributed by atoms with van der Waals surface area (Å²) in [6.07, 6.45) is 0. The molecule has 0 saturated heterocycles. The van der Waals surface area contributed by atoms with Gasteiger partial charge in [-0.1, -0.05) is 121 Å². The van der Waals surface area contributed by atoms with E-state index >= 15 is 0 Å². The molecule has 0 spiro atoms. The Kier molecular flexibility index (Phi) is 5.46. The van der Waals surface area contributed by atoms with Gasteiger partial charge in [-0.2, -0.15) is 0 Å². The van der Waals surface area contributed by atoms with Gasteiger partial charge in [0.15, 0.2) is 11.4 Å². The van der Waals surface area contributed by atoms with E-state index in [9.17, 15) is 0 Å². The van der Waals surface area contributed by atoms with Gasteiger partial charge in [-0.25, -0.2) is 9.97 Å². The number of benzene rings is 6. The number of para-hydroxylation sites is 1. The SMILES string of the molecule is c1ccc(-c2cccc(-c3nc(-c4cccc(-c5cccc6ccccc56)c4)nc4c3oc3ccccc34)c2)cc1. The van der Waals surface area contributed by atoms with E-state index in [1.165, 1.54) is 16.3 Å². The lowest BCUT2D eigenvalue weighted by molar-refractivity contribution is 0.667. The molecule has 0 aliphatic heterocycles. The van der Waals surface area contributed by atoms with Crippen LogP contribution in [-0.2, 0) is 0 Å². The Labute approximate surface area is 237 Å². The fourth-order valence-corrected chi connectivity index (χ4v) is 5.70. The summed E-state index contributed by atoms with van der Waals surface area (Å²) in [7, 11) is 0. The molecule has 0 radical (unpaired) electrons. The molecule has 0 atom stereocenters. The van der Waals surface area contributed by atoms with Gasteiger partial charge in [-0.3, -0.25) is 0 Å². The monoisotopic (exact) mass is 524 g/mol. The molecular weight excluding hydrogens is 500 g/mol. The van der Waals surface area contributed by atoms with E-state index in [4.69, 9.17) is 14.4 Å². The second kappa shape index (κ2) is 9.58. The van der Waals surface area contributed by atoms with Crippen molar-refractivity contribution in [2.75, 3.05) is 0 Å². The highest BCUT2D eigenvalue weighted by molar-refractivity contribution is 6.07. The van der Waals surface area contributed by atoms with Crippen LogP contribution in [0.5, 0.6) is 0 Å². The first-order valence-corrected chi connectivity index (χ1v) is 13.8. The normalized spacial score (nSPS) is 11.4. The van der Waals surface area contributed by atoms with Gasteiger partial charge < -0.3 is 4.42 Å². The number of aromatic nitrogens is 2. The molecule has 0 amide bonds. The summed E-state index contributed by atoms with van der Waals surface area (Å²) in [6, 6.07) is 50.4. The van der Waals surface area contributed by atoms with Crippen LogP contribution in [0.1, 0.15) is 0 Å². The molecule has 41 heavy (non-hydrogen) atoms. The summed E-state index contributed by atoms with van der Waals surface area (Å²) in [5, 5.41) is 3.43. The first kappa shape index (κ1) is 23.4. The molecule has 0 unspecified atom stereocenters. The molecule has 0 N–H and O–H groups in total. The zero-order valence-electron chi connectivity index (χ0n) is 22.2. The Bertz CT molecular complexity index is 2210. The minimum atomic E-state index is 0.672. The first-order valence-electron chi connectivity index (χ1n) is 13.8. The number of rotatable bonds is 4. The number of nitrogens with zero attached hydrogens (tertiary/aromatic N) is 2. The maximum Gasteiger partial charge on any atom is 0.180 e. The molecule has 3 nitrogen and oxygen atoms in total. The quantitative estimate of drug-likeness (QED) is 0.230. The van der Waals surface area contributed by atoms with Crippen LogP contribution in [0.3, 0.4) is 0 Å². The smallest absolute Gasteiger partial charge is 0.180 e. The lowest BCUT2D eigenvalue weighted by Crippen LogP contribution is -1.94. The van der Waals surface area contributed by atoms with Gasteiger partial charge in [0.05, 0.1) is 0 Å². The molecule has 3 heteroatoms. The van der Waals surface area contributed by atoms with Crippen LogP contribution in [-0.4, -0.2) is 9.97 Å². The highest BCUT2D eigenvalue weighted by atomic mass is 16.3. The van der Waals surface area contributed by atoms with Crippen molar-refractivity contribution >= 4 is 32.8 Å². The molecule has 0 bridgehead atoms. The summed E-state index contributed by atoms with van der Waals surface area (Å²) >= 11 is 0. The van der Waals surface area contributed by atoms with Crippen LogP contribution in [0.2, 0.25) is 0 Å². The predicted octanol–water partition coefficient (Wildman–Crippen LogP) is 10.2. The summed E-state index contributed by atoms with van der Waals surface area (Å²) in [5.41, 5.74) is 9.67. The van der Waals surface area contributed by atoms with Crippen molar-refractivity contribution < 1.29 is 4.42 Å². The topological polar surface area (TPSA) is 38.9 Å². The van der Waals surface area contributed by atoms with Gasteiger partial charge >= 0.3 is 0 Å². The average Bonchev–Trinajstić information content (AvgIpc) is 3.43. The van der Waals surface area contributed by atoms with Gasteiger partial charge in [0.25, 0.3) is 0 Å². The molecule has 8 aromatic rings. The van der Waals surface area contributed by atoms with Crippen LogP contribution >= 0.6 is 0 Å². The summed E-state index contributed by atoms with van der Waals surface area (Å²) in [4.78, 5) is 10.3. The highest BCUT2D eigenvalue weighted by Crippen LogP contribution is 2.37. The van der Waals surface area contributed by atoms with Crippen molar-refractivity contribution in [3.05, 3.63) is 146 Å². The molecule has 8 rings (SSSR count). The molecule has 0 saturated carbocycles. The lowest BCUT2D eigenvalue weighted by Gasteiger charge is -2.10. The van der Waals surface area contributed by atoms with E-state index in [0.29, 0.717) is 11.4 Å². The van der Waals surface area contributed by atoms with E-state index in [2.05, 4.69) is 121 Å². The van der Waals surface area contributed by atoms with Gasteiger partial charge in [0.2, 0.25) is 0 Å². The molecule has 192 valence electrons. The Hall–Kier alpha value is -5.54. The number of hydrogen-bond acceptors (Lipinski definition) is 3. The molecule has 2 aromatic heterocycles. The second-order valence-electron chi connectivity index (χ2n) is 10.2. The van der Waals surface area contributed by atoms with E-state index in [0.717, 1.165) is 50.0 Å². The van der Waals surface area contributed by atoms with Crippen molar-refractivity contribution in [1.82, 2.24) is 9.97 Å². The third kappa shape index (κ3) is 4.07. The molecule has 0 fully saturated rings. The third-order valence-corrected chi connectivity index (χ3v) is 7.68. The van der Waals surface area contributed by atoms with Crippen molar-refractivity contribution in [2.24, 2.45) is 0 Å². The van der Waals surface area contributed by atoms with Crippen LogP contribution < -0.4 is 0 Å². The zero-order valence-corrected chi connectivity index (χ0v) is 22.2. The number of furan rings is 1. The molecule has 2 heterocycles. The largest absolute Gasteiger partial charge is 0.452 e. The minimum Gasteiger partial charge on any atom is -0.452 e. The van der Waals surface area contributed by atoms with Crippen molar-refractivity contribution in [3.63, 3.8) is 0 Å². The van der Waals surface area contributed by atoms with Crippen LogP contribution in [0.25, 0.3) is 77.7 Å². The maximum absolute atomic E-state index is 6.39. The highest BCUT2D eigenvalue weighted by Gasteiger charge is 2.19. The van der Waals surface area contributed by atoms with E-state index < -0.39 is 0 Å².